The number of hydrogen-bond acceptors (Lipinski definition) is 4. The second-order valence-electron chi connectivity index (χ2n) is 7.69. The van der Waals surface area contributed by atoms with E-state index in [1.54, 1.807) is 0 Å². The average molecular weight is 296 g/mol. The van der Waals surface area contributed by atoms with E-state index in [2.05, 4.69) is 24.1 Å². The van der Waals surface area contributed by atoms with Gasteiger partial charge >= 0.3 is 0 Å². The van der Waals surface area contributed by atoms with E-state index in [9.17, 15) is 5.11 Å². The van der Waals surface area contributed by atoms with E-state index in [0.717, 1.165) is 19.6 Å². The summed E-state index contributed by atoms with van der Waals surface area (Å²) in [4.78, 5) is 2.66. The van der Waals surface area contributed by atoms with Crippen molar-refractivity contribution < 1.29 is 9.84 Å². The molecular weight excluding hydrogens is 264 g/mol. The first-order valence-electron chi connectivity index (χ1n) is 8.87. The summed E-state index contributed by atoms with van der Waals surface area (Å²) in [6.45, 7) is 6.66. The van der Waals surface area contributed by atoms with Crippen molar-refractivity contribution in [1.82, 2.24) is 10.2 Å². The molecule has 122 valence electrons. The van der Waals surface area contributed by atoms with Crippen LogP contribution in [0.5, 0.6) is 0 Å². The van der Waals surface area contributed by atoms with Gasteiger partial charge in [-0.25, -0.2) is 0 Å². The molecule has 0 spiro atoms. The van der Waals surface area contributed by atoms with Crippen molar-refractivity contribution in [2.24, 2.45) is 0 Å². The molecule has 0 amide bonds. The Labute approximate surface area is 129 Å². The Balaban J connectivity index is 1.61. The molecule has 2 aliphatic carbocycles. The maximum Gasteiger partial charge on any atom is 0.0731 e. The van der Waals surface area contributed by atoms with Crippen LogP contribution in [0.1, 0.15) is 58.8 Å². The van der Waals surface area contributed by atoms with Crippen molar-refractivity contribution >= 4 is 0 Å². The van der Waals surface area contributed by atoms with Gasteiger partial charge in [-0.05, 0) is 46.0 Å². The summed E-state index contributed by atoms with van der Waals surface area (Å²) < 4.78 is 5.99. The molecule has 3 rings (SSSR count). The number of ether oxygens (including phenoxy) is 1. The molecular formula is C17H32N2O2. The quantitative estimate of drug-likeness (QED) is 0.786. The number of aliphatic hydroxyl groups is 1. The molecule has 0 aromatic carbocycles. The SMILES string of the molecule is CC(CC(C)(CO)NC1CC1)N1CCOC2CCCCC21. The summed E-state index contributed by atoms with van der Waals surface area (Å²) in [5.74, 6) is 0. The highest BCUT2D eigenvalue weighted by atomic mass is 16.5. The Hall–Kier alpha value is -0.160. The number of nitrogens with one attached hydrogen (secondary N) is 1. The van der Waals surface area contributed by atoms with Crippen molar-refractivity contribution in [3.05, 3.63) is 0 Å². The molecule has 2 saturated carbocycles. The minimum absolute atomic E-state index is 0.136. The summed E-state index contributed by atoms with van der Waals surface area (Å²) in [7, 11) is 0. The molecule has 4 heteroatoms. The molecule has 0 radical (unpaired) electrons. The van der Waals surface area contributed by atoms with Gasteiger partial charge in [0.1, 0.15) is 0 Å². The molecule has 0 aromatic rings. The highest BCUT2D eigenvalue weighted by molar-refractivity contribution is 4.97. The number of nitrogens with zero attached hydrogens (tertiary/aromatic N) is 1. The first-order valence-corrected chi connectivity index (χ1v) is 8.87. The van der Waals surface area contributed by atoms with E-state index in [1.807, 2.05) is 0 Å². The number of hydrogen-bond donors (Lipinski definition) is 2. The van der Waals surface area contributed by atoms with Gasteiger partial charge in [-0.1, -0.05) is 12.8 Å². The largest absolute Gasteiger partial charge is 0.394 e. The maximum absolute atomic E-state index is 9.84. The second kappa shape index (κ2) is 6.53. The monoisotopic (exact) mass is 296 g/mol. The van der Waals surface area contributed by atoms with E-state index in [0.29, 0.717) is 24.2 Å². The fourth-order valence-corrected chi connectivity index (χ4v) is 4.33. The highest BCUT2D eigenvalue weighted by Crippen LogP contribution is 2.32. The van der Waals surface area contributed by atoms with Gasteiger partial charge in [0, 0.05) is 30.2 Å². The fourth-order valence-electron chi connectivity index (χ4n) is 4.33. The van der Waals surface area contributed by atoms with Crippen LogP contribution in [0.2, 0.25) is 0 Å². The van der Waals surface area contributed by atoms with Crippen LogP contribution < -0.4 is 5.32 Å². The lowest BCUT2D eigenvalue weighted by Gasteiger charge is -2.48. The van der Waals surface area contributed by atoms with Crippen LogP contribution >= 0.6 is 0 Å². The molecule has 3 fully saturated rings. The van der Waals surface area contributed by atoms with Crippen LogP contribution in [0.25, 0.3) is 0 Å². The van der Waals surface area contributed by atoms with Gasteiger partial charge in [0.15, 0.2) is 0 Å². The van der Waals surface area contributed by atoms with E-state index in [-0.39, 0.29) is 12.1 Å². The van der Waals surface area contributed by atoms with Gasteiger partial charge < -0.3 is 15.2 Å². The minimum atomic E-state index is -0.136. The van der Waals surface area contributed by atoms with Crippen molar-refractivity contribution in [2.75, 3.05) is 19.8 Å². The maximum atomic E-state index is 9.84. The minimum Gasteiger partial charge on any atom is -0.394 e. The molecule has 0 aromatic heterocycles. The number of aliphatic hydroxyl groups excluding tert-OH is 1. The number of fused-ring (bicyclic) bond motifs is 1. The molecule has 3 aliphatic rings. The van der Waals surface area contributed by atoms with Crippen molar-refractivity contribution in [1.29, 1.82) is 0 Å². The summed E-state index contributed by atoms with van der Waals surface area (Å²) in [5, 5.41) is 13.5. The lowest BCUT2D eigenvalue weighted by molar-refractivity contribution is -0.104. The number of rotatable bonds is 6. The van der Waals surface area contributed by atoms with E-state index in [4.69, 9.17) is 4.74 Å². The molecule has 1 saturated heterocycles. The van der Waals surface area contributed by atoms with Gasteiger partial charge in [-0.15, -0.1) is 0 Å². The highest BCUT2D eigenvalue weighted by Gasteiger charge is 2.39. The third-order valence-electron chi connectivity index (χ3n) is 5.57. The Kier molecular flexibility index (Phi) is 4.89. The van der Waals surface area contributed by atoms with Crippen LogP contribution in [0, 0.1) is 0 Å². The first kappa shape index (κ1) is 15.7. The molecule has 0 bridgehead atoms. The normalized spacial score (nSPS) is 35.0. The Morgan fingerprint density at radius 1 is 1.29 bits per heavy atom. The van der Waals surface area contributed by atoms with Crippen LogP contribution in [-0.4, -0.2) is 59.5 Å². The molecule has 1 aliphatic heterocycles. The zero-order valence-corrected chi connectivity index (χ0v) is 13.7. The summed E-state index contributed by atoms with van der Waals surface area (Å²) in [5.41, 5.74) is -0.136. The van der Waals surface area contributed by atoms with Crippen LogP contribution in [0.3, 0.4) is 0 Å². The van der Waals surface area contributed by atoms with Crippen LogP contribution in [0.4, 0.5) is 0 Å². The predicted octanol–water partition coefficient (Wildman–Crippen LogP) is 1.91. The third kappa shape index (κ3) is 3.79. The van der Waals surface area contributed by atoms with E-state index in [1.165, 1.54) is 38.5 Å². The molecule has 4 nitrogen and oxygen atoms in total. The van der Waals surface area contributed by atoms with Gasteiger partial charge in [-0.2, -0.15) is 0 Å². The lowest BCUT2D eigenvalue weighted by atomic mass is 9.87. The molecule has 21 heavy (non-hydrogen) atoms. The fraction of sp³-hybridized carbons (Fsp3) is 1.00. The third-order valence-corrected chi connectivity index (χ3v) is 5.57. The smallest absolute Gasteiger partial charge is 0.0731 e. The van der Waals surface area contributed by atoms with Crippen molar-refractivity contribution in [3.8, 4) is 0 Å². The predicted molar refractivity (Wildman–Crippen MR) is 84.4 cm³/mol. The van der Waals surface area contributed by atoms with Gasteiger partial charge in [-0.3, -0.25) is 4.90 Å². The molecule has 2 N–H and O–H groups in total. The van der Waals surface area contributed by atoms with E-state index >= 15 is 0 Å². The zero-order valence-electron chi connectivity index (χ0n) is 13.7. The summed E-state index contributed by atoms with van der Waals surface area (Å²) >= 11 is 0. The van der Waals surface area contributed by atoms with Crippen molar-refractivity contribution in [3.63, 3.8) is 0 Å². The lowest BCUT2D eigenvalue weighted by Crippen LogP contribution is -2.58. The number of morpholine rings is 1. The van der Waals surface area contributed by atoms with Crippen LogP contribution in [-0.2, 0) is 4.74 Å². The topological polar surface area (TPSA) is 44.7 Å². The second-order valence-corrected chi connectivity index (χ2v) is 7.69. The molecule has 1 heterocycles. The summed E-state index contributed by atoms with van der Waals surface area (Å²) in [6, 6.07) is 1.75. The molecule has 4 unspecified atom stereocenters. The van der Waals surface area contributed by atoms with Gasteiger partial charge in [0.25, 0.3) is 0 Å². The Morgan fingerprint density at radius 3 is 2.76 bits per heavy atom. The molecule has 4 atom stereocenters. The van der Waals surface area contributed by atoms with E-state index < -0.39 is 0 Å². The standard InChI is InChI=1S/C17H32N2O2/c1-13(11-17(2,12-20)18-14-7-8-14)19-9-10-21-16-6-4-3-5-15(16)19/h13-16,18,20H,3-12H2,1-2H3. The summed E-state index contributed by atoms with van der Waals surface area (Å²) in [6.07, 6.45) is 9.17. The average Bonchev–Trinajstić information content (AvgIpc) is 3.30. The van der Waals surface area contributed by atoms with Crippen LogP contribution in [0.15, 0.2) is 0 Å². The zero-order chi connectivity index (χ0) is 14.9. The van der Waals surface area contributed by atoms with Gasteiger partial charge in [0.2, 0.25) is 0 Å². The van der Waals surface area contributed by atoms with Crippen molar-refractivity contribution in [2.45, 2.75) is 88.6 Å². The first-order chi connectivity index (χ1) is 10.1. The van der Waals surface area contributed by atoms with Gasteiger partial charge in [0.05, 0.1) is 19.3 Å². The Morgan fingerprint density at radius 2 is 2.05 bits per heavy atom. The Bertz CT molecular complexity index is 346.